The lowest BCUT2D eigenvalue weighted by Crippen LogP contribution is -2.57. The Balaban J connectivity index is 2.18. The molecule has 2 nitrogen and oxygen atoms in total. The van der Waals surface area contributed by atoms with Crippen LogP contribution in [0.25, 0.3) is 0 Å². The van der Waals surface area contributed by atoms with Gasteiger partial charge in [-0.1, -0.05) is 6.92 Å². The number of hydrogen-bond acceptors (Lipinski definition) is 2. The molecular formula is C14H27NO. The van der Waals surface area contributed by atoms with Crippen LogP contribution >= 0.6 is 0 Å². The predicted molar refractivity (Wildman–Crippen MR) is 67.7 cm³/mol. The first kappa shape index (κ1) is 12.4. The number of hydrogen-bond donors (Lipinski definition) is 0. The highest BCUT2D eigenvalue weighted by Gasteiger charge is 2.50. The lowest BCUT2D eigenvalue weighted by atomic mass is 9.81. The molecule has 16 heavy (non-hydrogen) atoms. The molecule has 94 valence electrons. The van der Waals surface area contributed by atoms with Gasteiger partial charge in [0.05, 0.1) is 5.60 Å². The van der Waals surface area contributed by atoms with E-state index in [0.29, 0.717) is 5.54 Å². The summed E-state index contributed by atoms with van der Waals surface area (Å²) in [6, 6.07) is 1.50. The van der Waals surface area contributed by atoms with Gasteiger partial charge >= 0.3 is 0 Å². The average Bonchev–Trinajstić information content (AvgIpc) is 2.51. The maximum absolute atomic E-state index is 5.84. The second-order valence-electron chi connectivity index (χ2n) is 6.61. The fraction of sp³-hybridized carbons (Fsp3) is 1.00. The van der Waals surface area contributed by atoms with Crippen LogP contribution in [0.2, 0.25) is 0 Å². The van der Waals surface area contributed by atoms with Crippen molar-refractivity contribution in [1.29, 1.82) is 0 Å². The Morgan fingerprint density at radius 1 is 1.19 bits per heavy atom. The van der Waals surface area contributed by atoms with Gasteiger partial charge in [-0.2, -0.15) is 0 Å². The Kier molecular flexibility index (Phi) is 3.09. The smallest absolute Gasteiger partial charge is 0.0706 e. The highest BCUT2D eigenvalue weighted by atomic mass is 16.5. The monoisotopic (exact) mass is 225 g/mol. The molecule has 0 aliphatic carbocycles. The minimum Gasteiger partial charge on any atom is -0.378 e. The summed E-state index contributed by atoms with van der Waals surface area (Å²) in [5.41, 5.74) is 0.493. The lowest BCUT2D eigenvalue weighted by Gasteiger charge is -2.50. The van der Waals surface area contributed by atoms with Gasteiger partial charge in [-0.3, -0.25) is 4.90 Å². The van der Waals surface area contributed by atoms with E-state index in [1.54, 1.807) is 0 Å². The fourth-order valence-electron chi connectivity index (χ4n) is 4.00. The van der Waals surface area contributed by atoms with E-state index < -0.39 is 0 Å². The maximum Gasteiger partial charge on any atom is 0.0706 e. The van der Waals surface area contributed by atoms with Crippen molar-refractivity contribution < 1.29 is 4.74 Å². The largest absolute Gasteiger partial charge is 0.378 e. The molecule has 0 radical (unpaired) electrons. The highest BCUT2D eigenvalue weighted by Crippen LogP contribution is 2.46. The number of ether oxygens (including phenoxy) is 1. The normalized spacial score (nSPS) is 40.3. The van der Waals surface area contributed by atoms with Gasteiger partial charge < -0.3 is 4.74 Å². The van der Waals surface area contributed by atoms with Gasteiger partial charge in [0.1, 0.15) is 0 Å². The third-order valence-corrected chi connectivity index (χ3v) is 4.69. The summed E-state index contributed by atoms with van der Waals surface area (Å²) in [5.74, 6) is 0. The van der Waals surface area contributed by atoms with E-state index in [1.807, 2.05) is 7.11 Å². The van der Waals surface area contributed by atoms with Gasteiger partial charge in [0.2, 0.25) is 0 Å². The Morgan fingerprint density at radius 2 is 1.69 bits per heavy atom. The zero-order chi connectivity index (χ0) is 12.0. The summed E-state index contributed by atoms with van der Waals surface area (Å²) < 4.78 is 5.84. The molecule has 0 aromatic heterocycles. The zero-order valence-electron chi connectivity index (χ0n) is 11.5. The molecular weight excluding hydrogens is 198 g/mol. The zero-order valence-corrected chi connectivity index (χ0v) is 11.5. The molecule has 0 spiro atoms. The molecule has 2 aliphatic rings. The van der Waals surface area contributed by atoms with Crippen LogP contribution in [-0.2, 0) is 4.74 Å². The molecule has 0 aromatic carbocycles. The van der Waals surface area contributed by atoms with Crippen LogP contribution in [0.4, 0.5) is 0 Å². The van der Waals surface area contributed by atoms with E-state index in [2.05, 4.69) is 32.6 Å². The molecule has 2 heterocycles. The van der Waals surface area contributed by atoms with Gasteiger partial charge in [0, 0.05) is 24.7 Å². The molecule has 2 fully saturated rings. The van der Waals surface area contributed by atoms with Crippen molar-refractivity contribution in [3.63, 3.8) is 0 Å². The molecule has 2 aliphatic heterocycles. The van der Waals surface area contributed by atoms with Crippen LogP contribution < -0.4 is 0 Å². The van der Waals surface area contributed by atoms with Gasteiger partial charge in [0.25, 0.3) is 0 Å². The minimum atomic E-state index is 0.174. The van der Waals surface area contributed by atoms with Gasteiger partial charge in [-0.25, -0.2) is 0 Å². The van der Waals surface area contributed by atoms with E-state index in [-0.39, 0.29) is 5.60 Å². The lowest BCUT2D eigenvalue weighted by molar-refractivity contribution is -0.102. The third-order valence-electron chi connectivity index (χ3n) is 4.69. The minimum absolute atomic E-state index is 0.174. The van der Waals surface area contributed by atoms with Crippen molar-refractivity contribution in [2.45, 2.75) is 83.0 Å². The molecule has 2 heteroatoms. The molecule has 0 amide bonds. The van der Waals surface area contributed by atoms with Crippen LogP contribution in [-0.4, -0.2) is 35.2 Å². The topological polar surface area (TPSA) is 12.5 Å². The summed E-state index contributed by atoms with van der Waals surface area (Å²) in [5, 5.41) is 0. The van der Waals surface area contributed by atoms with Crippen molar-refractivity contribution >= 4 is 0 Å². The number of methoxy groups -OCH3 is 1. The first-order chi connectivity index (χ1) is 7.42. The number of fused-ring (bicyclic) bond motifs is 2. The third kappa shape index (κ3) is 1.91. The van der Waals surface area contributed by atoms with Crippen LogP contribution in [0, 0.1) is 0 Å². The van der Waals surface area contributed by atoms with Crippen molar-refractivity contribution in [3.05, 3.63) is 0 Å². The van der Waals surface area contributed by atoms with Gasteiger partial charge in [0.15, 0.2) is 0 Å². The number of nitrogens with zero attached hydrogens (tertiary/aromatic N) is 1. The van der Waals surface area contributed by atoms with Crippen molar-refractivity contribution in [2.24, 2.45) is 0 Å². The highest BCUT2D eigenvalue weighted by molar-refractivity contribution is 5.05. The number of rotatable bonds is 2. The van der Waals surface area contributed by atoms with Crippen LogP contribution in [0.3, 0.4) is 0 Å². The molecule has 2 saturated heterocycles. The van der Waals surface area contributed by atoms with Gasteiger partial charge in [-0.05, 0) is 52.9 Å². The van der Waals surface area contributed by atoms with E-state index in [9.17, 15) is 0 Å². The van der Waals surface area contributed by atoms with Gasteiger partial charge in [-0.15, -0.1) is 0 Å². The van der Waals surface area contributed by atoms with E-state index >= 15 is 0 Å². The summed E-state index contributed by atoms with van der Waals surface area (Å²) >= 11 is 0. The quantitative estimate of drug-likeness (QED) is 0.715. The molecule has 0 aromatic rings. The molecule has 0 N–H and O–H groups in total. The van der Waals surface area contributed by atoms with E-state index in [0.717, 1.165) is 18.5 Å². The first-order valence-electron chi connectivity index (χ1n) is 6.75. The van der Waals surface area contributed by atoms with Crippen molar-refractivity contribution in [2.75, 3.05) is 7.11 Å². The van der Waals surface area contributed by atoms with E-state index in [4.69, 9.17) is 4.74 Å². The fourth-order valence-corrected chi connectivity index (χ4v) is 4.00. The molecule has 2 bridgehead atoms. The molecule has 2 atom stereocenters. The number of piperidine rings is 1. The van der Waals surface area contributed by atoms with Crippen molar-refractivity contribution in [1.82, 2.24) is 4.90 Å². The molecule has 2 rings (SSSR count). The Bertz CT molecular complexity index is 236. The molecule has 0 saturated carbocycles. The summed E-state index contributed by atoms with van der Waals surface area (Å²) in [6.45, 7) is 9.33. The second kappa shape index (κ2) is 3.99. The predicted octanol–water partition coefficient (Wildman–Crippen LogP) is 3.21. The van der Waals surface area contributed by atoms with Crippen LogP contribution in [0.15, 0.2) is 0 Å². The van der Waals surface area contributed by atoms with Crippen molar-refractivity contribution in [3.8, 4) is 0 Å². The Labute approximate surface area is 100 Å². The second-order valence-corrected chi connectivity index (χ2v) is 6.61. The molecule has 2 unspecified atom stereocenters. The summed E-state index contributed by atoms with van der Waals surface area (Å²) in [7, 11) is 1.90. The Hall–Kier alpha value is -0.0800. The Morgan fingerprint density at radius 3 is 2.00 bits per heavy atom. The SMILES string of the molecule is CCC1(OC)CC2CCC(C1)N2C(C)(C)C. The summed E-state index contributed by atoms with van der Waals surface area (Å²) in [4.78, 5) is 2.75. The average molecular weight is 225 g/mol. The van der Waals surface area contributed by atoms with Crippen LogP contribution in [0.1, 0.15) is 59.8 Å². The summed E-state index contributed by atoms with van der Waals surface area (Å²) in [6.07, 6.45) is 6.36. The van der Waals surface area contributed by atoms with E-state index in [1.165, 1.54) is 25.7 Å². The standard InChI is InChI=1S/C14H27NO/c1-6-14(16-5)9-11-7-8-12(10-14)15(11)13(2,3)4/h11-12H,6-10H2,1-5H3. The maximum atomic E-state index is 5.84. The van der Waals surface area contributed by atoms with Crippen LogP contribution in [0.5, 0.6) is 0 Å². The first-order valence-corrected chi connectivity index (χ1v) is 6.75.